The highest BCUT2D eigenvalue weighted by atomic mass is 35.5. The number of nitrogens with zero attached hydrogens (tertiary/aromatic N) is 3. The Morgan fingerprint density at radius 1 is 0.737 bits per heavy atom. The Balaban J connectivity index is 0.000000219. The average molecular weight is 1920 g/mol. The van der Waals surface area contributed by atoms with Crippen molar-refractivity contribution in [2.45, 2.75) is 208 Å². The molecule has 2 saturated heterocycles. The van der Waals surface area contributed by atoms with Gasteiger partial charge in [0.25, 0.3) is 5.97 Å². The van der Waals surface area contributed by atoms with Crippen LogP contribution in [0.25, 0.3) is 27.1 Å². The van der Waals surface area contributed by atoms with Crippen molar-refractivity contribution in [1.82, 2.24) is 15.1 Å². The van der Waals surface area contributed by atoms with Crippen LogP contribution in [0.2, 0.25) is 5.02 Å². The Labute approximate surface area is 800 Å². The molecule has 133 heavy (non-hydrogen) atoms. The first-order chi connectivity index (χ1) is 62.1. The van der Waals surface area contributed by atoms with E-state index in [0.717, 1.165) is 108 Å². The summed E-state index contributed by atoms with van der Waals surface area (Å²) in [6.45, 7) is 25.1. The normalized spacial score (nSPS) is 26.9. The molecule has 16 atom stereocenters. The molecule has 5 aliphatic carbocycles. The summed E-state index contributed by atoms with van der Waals surface area (Å²) in [5.74, 6) is -0.0180. The van der Waals surface area contributed by atoms with Gasteiger partial charge in [-0.15, -0.1) is 35.6 Å². The third-order valence-electron chi connectivity index (χ3n) is 27.6. The first-order valence-electron chi connectivity index (χ1n) is 44.5. The number of methoxy groups -OCH3 is 2. The molecule has 0 radical (unpaired) electrons. The lowest BCUT2D eigenvalue weighted by Gasteiger charge is -2.58. The number of esters is 2. The number of hydrogen-bond donors (Lipinski definition) is 7. The molecule has 0 unspecified atom stereocenters. The summed E-state index contributed by atoms with van der Waals surface area (Å²) in [6, 6.07) is 30.6. The van der Waals surface area contributed by atoms with E-state index in [-0.39, 0.29) is 99.1 Å². The summed E-state index contributed by atoms with van der Waals surface area (Å²) in [6.07, 6.45) is 15.9. The van der Waals surface area contributed by atoms with E-state index in [4.69, 9.17) is 73.1 Å². The van der Waals surface area contributed by atoms with Gasteiger partial charge in [0.15, 0.2) is 57.5 Å². The molecular weight excluding hydrogens is 1790 g/mol. The fourth-order valence-electron chi connectivity index (χ4n) is 19.6. The van der Waals surface area contributed by atoms with Gasteiger partial charge in [0.05, 0.1) is 25.3 Å². The van der Waals surface area contributed by atoms with Gasteiger partial charge in [-0.3, -0.25) is 43.7 Å². The molecule has 4 bridgehead atoms. The molecule has 3 amide bonds. The van der Waals surface area contributed by atoms with Crippen molar-refractivity contribution in [3.8, 4) is 28.7 Å². The number of carbonyl (C=O) groups excluding carboxylic acids is 9. The van der Waals surface area contributed by atoms with E-state index in [2.05, 4.69) is 69.1 Å². The van der Waals surface area contributed by atoms with Gasteiger partial charge < -0.3 is 73.8 Å². The Bertz CT molecular complexity index is 5450. The number of carbonyl (C=O) groups is 10. The van der Waals surface area contributed by atoms with E-state index in [1.807, 2.05) is 74.7 Å². The number of aliphatic carboxylic acids is 1. The van der Waals surface area contributed by atoms with Gasteiger partial charge in [0.1, 0.15) is 40.7 Å². The Morgan fingerprint density at radius 2 is 1.33 bits per heavy atom. The minimum Gasteiger partial charge on any atom is -0.504 e. The number of ketones is 4. The first-order valence-corrected chi connectivity index (χ1v) is 46.0. The molecule has 8 aliphatic rings. The zero-order valence-electron chi connectivity index (χ0n) is 79.0. The number of likely N-dealkylation sites (N-methyl/N-ethyl adjacent to an activating group) is 1. The highest BCUT2D eigenvalue weighted by molar-refractivity contribution is 6.36. The minimum atomic E-state index is -1.81. The fraction of sp³-hybridized carbons (Fsp3) is 0.476. The van der Waals surface area contributed by atoms with E-state index in [0.29, 0.717) is 77.6 Å². The Morgan fingerprint density at radius 3 is 1.89 bits per heavy atom. The third-order valence-corrected chi connectivity index (χ3v) is 28.3. The number of carboxylic acids is 1. The number of alkyl carbamates (subject to hydrolysis) is 1. The number of carboxylic acid groups (broad SMARTS) is 1. The maximum atomic E-state index is 14.0. The molecule has 30 heteroatoms. The van der Waals surface area contributed by atoms with Crippen LogP contribution in [0.1, 0.15) is 164 Å². The van der Waals surface area contributed by atoms with Crippen LogP contribution >= 0.6 is 47.2 Å². The molecule has 14 rings (SSSR count). The van der Waals surface area contributed by atoms with E-state index in [1.165, 1.54) is 93.3 Å². The number of benzene rings is 6. The van der Waals surface area contributed by atoms with Gasteiger partial charge in [-0.25, -0.2) is 9.59 Å². The zero-order valence-corrected chi connectivity index (χ0v) is 82.1. The number of rotatable bonds is 17. The summed E-state index contributed by atoms with van der Waals surface area (Å²) in [5.41, 5.74) is 3.51. The number of alkyl halides is 2. The van der Waals surface area contributed by atoms with Gasteiger partial charge in [0, 0.05) is 96.6 Å². The maximum absolute atomic E-state index is 14.0. The molecule has 0 spiro atoms. The highest BCUT2D eigenvalue weighted by Crippen LogP contribution is 2.68. The first kappa shape index (κ1) is 108. The topological polar surface area (TPSA) is 373 Å². The number of allylic oxidation sites excluding steroid dienone is 11. The molecule has 6 aromatic carbocycles. The summed E-state index contributed by atoms with van der Waals surface area (Å²) in [7, 11) is 7.97. The van der Waals surface area contributed by atoms with Crippen molar-refractivity contribution in [3.63, 3.8) is 0 Å². The number of fused-ring (bicyclic) bond motifs is 12. The number of anilines is 1. The van der Waals surface area contributed by atoms with Crippen molar-refractivity contribution in [2.75, 3.05) is 65.1 Å². The molecule has 3 aliphatic heterocycles. The van der Waals surface area contributed by atoms with Crippen LogP contribution in [0.4, 0.5) is 10.5 Å². The number of Topliss-reactive ketones (excluding diaryl/α,β-unsaturated/α-hetero) is 1. The summed E-state index contributed by atoms with van der Waals surface area (Å²) in [4.78, 5) is 126. The van der Waals surface area contributed by atoms with E-state index < -0.39 is 77.2 Å². The lowest BCUT2D eigenvalue weighted by Crippen LogP contribution is -2.63. The van der Waals surface area contributed by atoms with Gasteiger partial charge in [-0.2, -0.15) is 0 Å². The van der Waals surface area contributed by atoms with Crippen molar-refractivity contribution >= 4 is 139 Å². The highest BCUT2D eigenvalue weighted by Gasteiger charge is 2.68. The number of phenolic OH excluding ortho intramolecular Hbond substituents is 4. The standard InChI is InChI=1S/C34H46ClN3O10.C24H32O4.C20H12O2.C18H22O4.C5H11Cl2N.C2H4O2.ClH/c1-18-11-10-12-26(45-9)34(43)17-25(46-32(42)36-34)19(2)30-33(5,48-30)27(47-31(41)20(3)37(6)21(4)39)16-28(40)38(7)23-14-22(13-18)15-24(44-8)29(23)35;1-14-12-18-19(22(4)9-6-17(27)13-21(14)22)7-10-23(5)20(18)8-11-24(23,15(2)25)28-16(3)26;21-16-8-9-20(22)19(12-16)17-7-3-6-15-10-13-4-1-2-5-14(13)11-18(15)17;1-11(7-13-3-5-15(19)17(21)9-13)12(2)8-14-4-6-16(20)18(22)10-14;1-8(4-2-6)5-3-7;1-2(3)4;/h10-12,14-15,19-20,25-27,30,43H,13,16-17H2,1-9H3,(H,36,42);12-13,18-20H,6-11H2,1-5H3;1-12H;3-6,9-12,19-22H,7-8H2,1-2H3;2-5H2,1H3;1H3,(H,3,4);1H/b12-10-,18-11-;;;;;;/t19-,20+,25+,26-,27+,30+,33+,34+;18-,19+,20+,22-,23+,24+;;11-,12+;;;/m11...../s1. The smallest absolute Gasteiger partial charge is 0.409 e. The lowest BCUT2D eigenvalue weighted by atomic mass is 9.47. The second kappa shape index (κ2) is 46.2. The van der Waals surface area contributed by atoms with Crippen molar-refractivity contribution in [1.29, 1.82) is 0 Å². The second-order valence-electron chi connectivity index (χ2n) is 36.7. The van der Waals surface area contributed by atoms with Crippen LogP contribution in [0.15, 0.2) is 168 Å². The number of nitrogens with one attached hydrogen (secondary N) is 1. The number of halogens is 4. The zero-order chi connectivity index (χ0) is 97.6. The molecule has 26 nitrogen and oxygen atoms in total. The van der Waals surface area contributed by atoms with Crippen LogP contribution in [0.3, 0.4) is 0 Å². The largest absolute Gasteiger partial charge is 0.504 e. The van der Waals surface area contributed by atoms with Crippen LogP contribution < -0.4 is 15.0 Å². The van der Waals surface area contributed by atoms with Crippen LogP contribution in [0.5, 0.6) is 28.7 Å². The number of aromatic hydroxyl groups is 4. The number of epoxide rings is 1. The predicted octanol–water partition coefficient (Wildman–Crippen LogP) is 17.7. The third kappa shape index (κ3) is 25.6. The van der Waals surface area contributed by atoms with E-state index >= 15 is 0 Å². The predicted molar refractivity (Wildman–Crippen MR) is 516 cm³/mol. The SMILES string of the molecule is CC(=O)O.CC(=O)O[C@]1(C(C)=O)CC[C@H]2[C@@H]3C=C(C)C4=CC(=O)CC[C@]4(C)[C@H]3CC[C@@]21C.CN(CCCl)CCCl.COc1cc2cc(c1Cl)N(C)C(=O)C[C@H](OC(=O)[C@H](C)N(C)C(C)=O)[C@]1(C)O[C@H]1[C@H](C)[C@@H]1C[C@@](O)(NC(=O)O1)[C@H](OC)/C=C\C=C(\C)C2.C[C@H](Cc1ccc(O)c(O)c1)[C@@H](C)Cc1ccc(O)c(O)c1.Cl.O=C1C=CC(=O)C(c2cccc3cc4ccccc4cc23)=C1. The fourth-order valence-corrected chi connectivity index (χ4v) is 20.5. The van der Waals surface area contributed by atoms with Crippen molar-refractivity contribution < 1.29 is 107 Å². The minimum absolute atomic E-state index is 0. The van der Waals surface area contributed by atoms with Crippen LogP contribution in [0, 0.1) is 46.3 Å². The molecule has 0 aromatic heterocycles. The molecule has 4 fully saturated rings. The molecule has 720 valence electrons. The monoisotopic (exact) mass is 1910 g/mol. The second-order valence-corrected chi connectivity index (χ2v) is 37.8. The number of ether oxygens (including phenoxy) is 6. The van der Waals surface area contributed by atoms with Crippen molar-refractivity contribution in [2.24, 2.45) is 46.3 Å². The molecule has 7 N–H and O–H groups in total. The van der Waals surface area contributed by atoms with Crippen molar-refractivity contribution in [3.05, 3.63) is 196 Å². The summed E-state index contributed by atoms with van der Waals surface area (Å²) < 4.78 is 34.7. The average Bonchev–Trinajstić information content (AvgIpc) is 1.59. The molecule has 6 aromatic rings. The van der Waals surface area contributed by atoms with E-state index in [9.17, 15) is 68.7 Å². The van der Waals surface area contributed by atoms with Gasteiger partial charge in [-0.1, -0.05) is 136 Å². The molecular formula is C103H128Cl4N4O22. The Kier molecular flexibility index (Phi) is 37.5. The van der Waals surface area contributed by atoms with Gasteiger partial charge in [0.2, 0.25) is 11.8 Å². The molecule has 3 heterocycles. The Hall–Kier alpha value is -10.4. The summed E-state index contributed by atoms with van der Waals surface area (Å²) >= 11 is 17.6. The van der Waals surface area contributed by atoms with Gasteiger partial charge in [-0.05, 0) is 250 Å². The molecule has 2 saturated carbocycles. The van der Waals surface area contributed by atoms with Crippen LogP contribution in [-0.2, 0) is 86.1 Å². The van der Waals surface area contributed by atoms with E-state index in [1.54, 1.807) is 64.2 Å². The van der Waals surface area contributed by atoms with Crippen LogP contribution in [-0.4, -0.2) is 207 Å². The number of amides is 3. The number of phenols is 4. The maximum Gasteiger partial charge on any atom is 0.409 e. The summed E-state index contributed by atoms with van der Waals surface area (Å²) in [5, 5.41) is 63.9. The number of aliphatic hydroxyl groups is 1. The quantitative estimate of drug-likeness (QED) is 0.00848. The van der Waals surface area contributed by atoms with Gasteiger partial charge >= 0.3 is 18.0 Å². The lowest BCUT2D eigenvalue weighted by molar-refractivity contribution is -0.185. The number of hydrogen-bond acceptors (Lipinski definition) is 22.